The molecule has 0 bridgehead atoms. The van der Waals surface area contributed by atoms with Gasteiger partial charge in [-0.1, -0.05) is 66.7 Å². The van der Waals surface area contributed by atoms with E-state index in [0.717, 1.165) is 16.8 Å². The number of amides is 2. The summed E-state index contributed by atoms with van der Waals surface area (Å²) in [6, 6.07) is 26.0. The number of carbonyl (C=O) groups is 2. The van der Waals surface area contributed by atoms with Gasteiger partial charge >= 0.3 is 0 Å². The van der Waals surface area contributed by atoms with E-state index in [1.807, 2.05) is 60.4 Å². The molecule has 0 radical (unpaired) electrons. The number of aromatic nitrogens is 1. The largest absolute Gasteiger partial charge is 0.343 e. The van der Waals surface area contributed by atoms with E-state index in [9.17, 15) is 9.59 Å². The molecule has 4 rings (SSSR count). The predicted molar refractivity (Wildman–Crippen MR) is 126 cm³/mol. The van der Waals surface area contributed by atoms with Crippen LogP contribution >= 0.6 is 0 Å². The number of hydrogen-bond donors (Lipinski definition) is 1. The number of nitrogens with zero attached hydrogens (tertiary/aromatic N) is 2. The van der Waals surface area contributed by atoms with Gasteiger partial charge in [0.2, 0.25) is 11.8 Å². The predicted octanol–water partition coefficient (Wildman–Crippen LogP) is 4.79. The van der Waals surface area contributed by atoms with E-state index < -0.39 is 0 Å². The zero-order valence-electron chi connectivity index (χ0n) is 18.4. The second-order valence-electron chi connectivity index (χ2n) is 8.39. The van der Waals surface area contributed by atoms with Gasteiger partial charge in [-0.2, -0.15) is 0 Å². The Kier molecular flexibility index (Phi) is 6.95. The molecule has 2 heterocycles. The zero-order valence-corrected chi connectivity index (χ0v) is 18.4. The molecule has 0 saturated carbocycles. The molecule has 3 aromatic rings. The minimum absolute atomic E-state index is 0.0124. The Balaban J connectivity index is 1.36. The fourth-order valence-electron chi connectivity index (χ4n) is 4.33. The van der Waals surface area contributed by atoms with Gasteiger partial charge in [-0.3, -0.25) is 9.59 Å². The van der Waals surface area contributed by atoms with Crippen LogP contribution in [0.5, 0.6) is 0 Å². The molecule has 1 N–H and O–H groups in total. The first-order chi connectivity index (χ1) is 15.6. The standard InChI is InChI=1S/C27H29N3O2/c1-20-9-8-14-25(28-20)29-27(32)23-15-17-30(18-16-23)26(31)19-24(21-10-4-2-5-11-21)22-12-6-3-7-13-22/h2-14,23-24H,15-19H2,1H3,(H,28,29,32). The van der Waals surface area contributed by atoms with Crippen LogP contribution in [0.3, 0.4) is 0 Å². The molecular formula is C27H29N3O2. The van der Waals surface area contributed by atoms with Gasteiger partial charge in [-0.25, -0.2) is 4.98 Å². The highest BCUT2D eigenvalue weighted by Crippen LogP contribution is 2.29. The van der Waals surface area contributed by atoms with E-state index in [2.05, 4.69) is 34.6 Å². The molecule has 32 heavy (non-hydrogen) atoms. The Bertz CT molecular complexity index is 1010. The van der Waals surface area contributed by atoms with Crippen molar-refractivity contribution in [2.75, 3.05) is 18.4 Å². The number of hydrogen-bond acceptors (Lipinski definition) is 3. The smallest absolute Gasteiger partial charge is 0.228 e. The van der Waals surface area contributed by atoms with E-state index in [-0.39, 0.29) is 23.7 Å². The Morgan fingerprint density at radius 2 is 1.50 bits per heavy atom. The van der Waals surface area contributed by atoms with Crippen molar-refractivity contribution in [2.24, 2.45) is 5.92 Å². The Morgan fingerprint density at radius 1 is 0.906 bits per heavy atom. The highest BCUT2D eigenvalue weighted by Gasteiger charge is 2.29. The van der Waals surface area contributed by atoms with Gasteiger partial charge in [0.15, 0.2) is 0 Å². The number of rotatable bonds is 6. The summed E-state index contributed by atoms with van der Waals surface area (Å²) in [5, 5.41) is 2.92. The van der Waals surface area contributed by atoms with Gasteiger partial charge in [0.1, 0.15) is 5.82 Å². The van der Waals surface area contributed by atoms with Gasteiger partial charge in [0, 0.05) is 37.0 Å². The number of anilines is 1. The monoisotopic (exact) mass is 427 g/mol. The third-order valence-corrected chi connectivity index (χ3v) is 6.14. The summed E-state index contributed by atoms with van der Waals surface area (Å²) in [5.74, 6) is 0.643. The van der Waals surface area contributed by atoms with Crippen LogP contribution in [0.15, 0.2) is 78.9 Å². The van der Waals surface area contributed by atoms with Crippen molar-refractivity contribution >= 4 is 17.6 Å². The van der Waals surface area contributed by atoms with Crippen molar-refractivity contribution in [3.05, 3.63) is 95.7 Å². The molecule has 1 aliphatic rings. The van der Waals surface area contributed by atoms with Crippen molar-refractivity contribution in [3.8, 4) is 0 Å². The molecule has 1 aliphatic heterocycles. The van der Waals surface area contributed by atoms with Crippen molar-refractivity contribution in [2.45, 2.75) is 32.1 Å². The van der Waals surface area contributed by atoms with Crippen LogP contribution in [-0.2, 0) is 9.59 Å². The number of benzene rings is 2. The first kappa shape index (κ1) is 21.8. The molecule has 0 aliphatic carbocycles. The average molecular weight is 428 g/mol. The zero-order chi connectivity index (χ0) is 22.3. The molecule has 0 atom stereocenters. The van der Waals surface area contributed by atoms with Gasteiger partial charge in [0.05, 0.1) is 0 Å². The topological polar surface area (TPSA) is 62.3 Å². The lowest BCUT2D eigenvalue weighted by Gasteiger charge is -2.32. The van der Waals surface area contributed by atoms with Crippen LogP contribution in [0.1, 0.15) is 42.0 Å². The summed E-state index contributed by atoms with van der Waals surface area (Å²) < 4.78 is 0. The molecule has 1 saturated heterocycles. The van der Waals surface area contributed by atoms with Crippen LogP contribution in [0.4, 0.5) is 5.82 Å². The van der Waals surface area contributed by atoms with Crippen LogP contribution in [-0.4, -0.2) is 34.8 Å². The van der Waals surface area contributed by atoms with Crippen molar-refractivity contribution < 1.29 is 9.59 Å². The van der Waals surface area contributed by atoms with Crippen LogP contribution in [0.2, 0.25) is 0 Å². The average Bonchev–Trinajstić information content (AvgIpc) is 2.83. The van der Waals surface area contributed by atoms with Gasteiger partial charge in [-0.15, -0.1) is 0 Å². The third kappa shape index (κ3) is 5.41. The molecule has 0 unspecified atom stereocenters. The van der Waals surface area contributed by atoms with Crippen LogP contribution < -0.4 is 5.32 Å². The SMILES string of the molecule is Cc1cccc(NC(=O)C2CCN(C(=O)CC(c3ccccc3)c3ccccc3)CC2)n1. The maximum absolute atomic E-state index is 13.2. The highest BCUT2D eigenvalue weighted by atomic mass is 16.2. The van der Waals surface area contributed by atoms with E-state index in [1.54, 1.807) is 6.07 Å². The first-order valence-electron chi connectivity index (χ1n) is 11.2. The summed E-state index contributed by atoms with van der Waals surface area (Å²) in [6.45, 7) is 3.11. The number of piperidine rings is 1. The van der Waals surface area contributed by atoms with Crippen LogP contribution in [0, 0.1) is 12.8 Å². The summed E-state index contributed by atoms with van der Waals surface area (Å²) in [5.41, 5.74) is 3.16. The lowest BCUT2D eigenvalue weighted by molar-refractivity contribution is -0.134. The van der Waals surface area contributed by atoms with Crippen molar-refractivity contribution in [3.63, 3.8) is 0 Å². The molecule has 2 aromatic carbocycles. The normalized spacial score (nSPS) is 14.4. The summed E-state index contributed by atoms with van der Waals surface area (Å²) in [6.07, 6.45) is 1.77. The van der Waals surface area contributed by atoms with E-state index in [4.69, 9.17) is 0 Å². The van der Waals surface area contributed by atoms with Crippen molar-refractivity contribution in [1.82, 2.24) is 9.88 Å². The Hall–Kier alpha value is -3.47. The maximum atomic E-state index is 13.2. The molecule has 0 spiro atoms. The molecule has 1 fully saturated rings. The summed E-state index contributed by atoms with van der Waals surface area (Å²) in [4.78, 5) is 32.1. The van der Waals surface area contributed by atoms with Gasteiger partial charge in [-0.05, 0) is 43.0 Å². The molecule has 164 valence electrons. The molecule has 5 nitrogen and oxygen atoms in total. The van der Waals surface area contributed by atoms with Crippen molar-refractivity contribution in [1.29, 1.82) is 0 Å². The third-order valence-electron chi connectivity index (χ3n) is 6.14. The molecule has 2 amide bonds. The van der Waals surface area contributed by atoms with E-state index >= 15 is 0 Å². The summed E-state index contributed by atoms with van der Waals surface area (Å²) in [7, 11) is 0. The lowest BCUT2D eigenvalue weighted by atomic mass is 9.87. The Labute approximate surface area is 189 Å². The second-order valence-corrected chi connectivity index (χ2v) is 8.39. The fraction of sp³-hybridized carbons (Fsp3) is 0.296. The van der Waals surface area contributed by atoms with Gasteiger partial charge in [0.25, 0.3) is 0 Å². The number of nitrogens with one attached hydrogen (secondary N) is 1. The Morgan fingerprint density at radius 3 is 2.06 bits per heavy atom. The van der Waals surface area contributed by atoms with Crippen LogP contribution in [0.25, 0.3) is 0 Å². The molecule has 5 heteroatoms. The fourth-order valence-corrected chi connectivity index (χ4v) is 4.33. The maximum Gasteiger partial charge on any atom is 0.228 e. The molecule has 1 aromatic heterocycles. The number of aryl methyl sites for hydroxylation is 1. The quantitative estimate of drug-likeness (QED) is 0.615. The number of likely N-dealkylation sites (tertiary alicyclic amines) is 1. The second kappa shape index (κ2) is 10.2. The summed E-state index contributed by atoms with van der Waals surface area (Å²) >= 11 is 0. The minimum atomic E-state index is -0.0968. The van der Waals surface area contributed by atoms with Gasteiger partial charge < -0.3 is 10.2 Å². The lowest BCUT2D eigenvalue weighted by Crippen LogP contribution is -2.42. The number of carbonyl (C=O) groups excluding carboxylic acids is 2. The number of pyridine rings is 1. The van der Waals surface area contributed by atoms with E-state index in [1.165, 1.54) is 0 Å². The molecular weight excluding hydrogens is 398 g/mol. The first-order valence-corrected chi connectivity index (χ1v) is 11.2. The minimum Gasteiger partial charge on any atom is -0.343 e. The highest BCUT2D eigenvalue weighted by molar-refractivity contribution is 5.92. The van der Waals surface area contributed by atoms with E-state index in [0.29, 0.717) is 38.2 Å².